The SMILES string of the molecule is Cc1cc(C(=O)NC(Cc2ccccc2)C(O)C(N)=O)n(-c2ccccn2)n1. The van der Waals surface area contributed by atoms with Crippen LogP contribution in [0.4, 0.5) is 0 Å². The van der Waals surface area contributed by atoms with Crippen molar-refractivity contribution in [2.45, 2.75) is 25.5 Å². The Labute approximate surface area is 162 Å². The number of aromatic nitrogens is 3. The predicted molar refractivity (Wildman–Crippen MR) is 103 cm³/mol. The number of nitrogens with two attached hydrogens (primary N) is 1. The highest BCUT2D eigenvalue weighted by molar-refractivity contribution is 5.94. The summed E-state index contributed by atoms with van der Waals surface area (Å²) in [5, 5.41) is 17.2. The second-order valence-corrected chi connectivity index (χ2v) is 6.39. The molecule has 0 aliphatic rings. The summed E-state index contributed by atoms with van der Waals surface area (Å²) in [6, 6.07) is 15.2. The van der Waals surface area contributed by atoms with Gasteiger partial charge in [0.25, 0.3) is 5.91 Å². The van der Waals surface area contributed by atoms with Crippen LogP contribution in [0.5, 0.6) is 0 Å². The largest absolute Gasteiger partial charge is 0.381 e. The lowest BCUT2D eigenvalue weighted by molar-refractivity contribution is -0.127. The van der Waals surface area contributed by atoms with Crippen LogP contribution in [-0.2, 0) is 11.2 Å². The van der Waals surface area contributed by atoms with E-state index in [1.54, 1.807) is 37.4 Å². The topological polar surface area (TPSA) is 123 Å². The Morgan fingerprint density at radius 2 is 1.89 bits per heavy atom. The molecule has 0 spiro atoms. The van der Waals surface area contributed by atoms with E-state index >= 15 is 0 Å². The molecule has 2 heterocycles. The molecule has 3 rings (SSSR count). The van der Waals surface area contributed by atoms with E-state index in [0.29, 0.717) is 11.5 Å². The molecule has 3 aromatic rings. The average molecular weight is 379 g/mol. The van der Waals surface area contributed by atoms with Crippen molar-refractivity contribution in [1.82, 2.24) is 20.1 Å². The lowest BCUT2D eigenvalue weighted by atomic mass is 10.0. The highest BCUT2D eigenvalue weighted by Crippen LogP contribution is 2.12. The van der Waals surface area contributed by atoms with Crippen molar-refractivity contribution in [2.24, 2.45) is 5.73 Å². The summed E-state index contributed by atoms with van der Waals surface area (Å²) in [4.78, 5) is 28.7. The fourth-order valence-electron chi connectivity index (χ4n) is 2.87. The molecule has 0 bridgehead atoms. The first-order valence-electron chi connectivity index (χ1n) is 8.76. The molecular formula is C20H21N5O3. The third-order valence-electron chi connectivity index (χ3n) is 4.22. The molecule has 144 valence electrons. The number of aryl methyl sites for hydroxylation is 1. The van der Waals surface area contributed by atoms with Crippen LogP contribution in [0.1, 0.15) is 21.7 Å². The van der Waals surface area contributed by atoms with Gasteiger partial charge < -0.3 is 16.2 Å². The Morgan fingerprint density at radius 1 is 1.18 bits per heavy atom. The Balaban J connectivity index is 1.87. The van der Waals surface area contributed by atoms with E-state index in [9.17, 15) is 14.7 Å². The maximum Gasteiger partial charge on any atom is 0.270 e. The van der Waals surface area contributed by atoms with Crippen LogP contribution in [0.2, 0.25) is 0 Å². The van der Waals surface area contributed by atoms with Gasteiger partial charge in [-0.1, -0.05) is 36.4 Å². The minimum absolute atomic E-state index is 0.242. The third kappa shape index (κ3) is 4.41. The number of benzene rings is 1. The van der Waals surface area contributed by atoms with E-state index in [-0.39, 0.29) is 12.1 Å². The first-order valence-corrected chi connectivity index (χ1v) is 8.76. The zero-order valence-electron chi connectivity index (χ0n) is 15.3. The van der Waals surface area contributed by atoms with E-state index in [1.807, 2.05) is 30.3 Å². The number of pyridine rings is 1. The van der Waals surface area contributed by atoms with Crippen molar-refractivity contribution >= 4 is 11.8 Å². The normalized spacial score (nSPS) is 12.9. The van der Waals surface area contributed by atoms with Crippen LogP contribution in [0.25, 0.3) is 5.82 Å². The fraction of sp³-hybridized carbons (Fsp3) is 0.200. The molecule has 0 saturated heterocycles. The van der Waals surface area contributed by atoms with Gasteiger partial charge in [-0.3, -0.25) is 9.59 Å². The lowest BCUT2D eigenvalue weighted by Crippen LogP contribution is -2.50. The number of carbonyl (C=O) groups excluding carboxylic acids is 2. The molecule has 2 unspecified atom stereocenters. The van der Waals surface area contributed by atoms with Crippen molar-refractivity contribution in [3.63, 3.8) is 0 Å². The standard InChI is InChI=1S/C20H21N5O3/c1-13-11-16(25(24-13)17-9-5-6-10-22-17)20(28)23-15(18(26)19(21)27)12-14-7-3-2-4-8-14/h2-11,15,18,26H,12H2,1H3,(H2,21,27)(H,23,28). The molecule has 0 saturated carbocycles. The molecule has 0 fully saturated rings. The number of hydrogen-bond acceptors (Lipinski definition) is 5. The van der Waals surface area contributed by atoms with Gasteiger partial charge in [0.1, 0.15) is 5.69 Å². The zero-order chi connectivity index (χ0) is 20.1. The highest BCUT2D eigenvalue weighted by Gasteiger charge is 2.28. The summed E-state index contributed by atoms with van der Waals surface area (Å²) in [5.41, 5.74) is 6.98. The number of amides is 2. The molecular weight excluding hydrogens is 358 g/mol. The Bertz CT molecular complexity index is 956. The number of hydrogen-bond donors (Lipinski definition) is 3. The maximum absolute atomic E-state index is 12.9. The van der Waals surface area contributed by atoms with Crippen molar-refractivity contribution in [2.75, 3.05) is 0 Å². The van der Waals surface area contributed by atoms with Crippen molar-refractivity contribution in [1.29, 1.82) is 0 Å². The number of carbonyl (C=O) groups is 2. The van der Waals surface area contributed by atoms with E-state index < -0.39 is 24.0 Å². The Kier molecular flexibility index (Phi) is 5.81. The minimum atomic E-state index is -1.53. The minimum Gasteiger partial charge on any atom is -0.381 e. The molecule has 1 aromatic carbocycles. The van der Waals surface area contributed by atoms with Crippen LogP contribution < -0.4 is 11.1 Å². The molecule has 2 amide bonds. The van der Waals surface area contributed by atoms with Gasteiger partial charge in [-0.15, -0.1) is 0 Å². The first kappa shape index (κ1) is 19.2. The summed E-state index contributed by atoms with van der Waals surface area (Å²) < 4.78 is 1.42. The van der Waals surface area contributed by atoms with E-state index in [4.69, 9.17) is 5.73 Å². The van der Waals surface area contributed by atoms with Gasteiger partial charge in [-0.05, 0) is 37.1 Å². The third-order valence-corrected chi connectivity index (χ3v) is 4.22. The number of primary amides is 1. The molecule has 28 heavy (non-hydrogen) atoms. The van der Waals surface area contributed by atoms with Gasteiger partial charge in [0, 0.05) is 6.20 Å². The monoisotopic (exact) mass is 379 g/mol. The second-order valence-electron chi connectivity index (χ2n) is 6.39. The van der Waals surface area contributed by atoms with Crippen molar-refractivity contribution < 1.29 is 14.7 Å². The summed E-state index contributed by atoms with van der Waals surface area (Å²) in [6.45, 7) is 1.76. The van der Waals surface area contributed by atoms with Crippen molar-refractivity contribution in [3.05, 3.63) is 77.7 Å². The van der Waals surface area contributed by atoms with Crippen LogP contribution in [0, 0.1) is 6.92 Å². The second kappa shape index (κ2) is 8.45. The van der Waals surface area contributed by atoms with Crippen LogP contribution in [-0.4, -0.2) is 43.8 Å². The zero-order valence-corrected chi connectivity index (χ0v) is 15.3. The van der Waals surface area contributed by atoms with E-state index in [2.05, 4.69) is 15.4 Å². The number of aliphatic hydroxyl groups is 1. The molecule has 8 heteroatoms. The van der Waals surface area contributed by atoms with Gasteiger partial charge in [0.15, 0.2) is 11.9 Å². The van der Waals surface area contributed by atoms with E-state index in [1.165, 1.54) is 4.68 Å². The van der Waals surface area contributed by atoms with Gasteiger partial charge in [0.05, 0.1) is 11.7 Å². The van der Waals surface area contributed by atoms with Gasteiger partial charge in [-0.2, -0.15) is 5.10 Å². The molecule has 0 radical (unpaired) electrons. The van der Waals surface area contributed by atoms with Gasteiger partial charge in [0.2, 0.25) is 5.91 Å². The molecule has 4 N–H and O–H groups in total. The van der Waals surface area contributed by atoms with Crippen molar-refractivity contribution in [3.8, 4) is 5.82 Å². The highest BCUT2D eigenvalue weighted by atomic mass is 16.3. The summed E-state index contributed by atoms with van der Waals surface area (Å²) >= 11 is 0. The number of rotatable bonds is 7. The summed E-state index contributed by atoms with van der Waals surface area (Å²) in [7, 11) is 0. The molecule has 0 aliphatic heterocycles. The maximum atomic E-state index is 12.9. The first-order chi connectivity index (χ1) is 13.5. The average Bonchev–Trinajstić information content (AvgIpc) is 3.10. The molecule has 2 atom stereocenters. The Hall–Kier alpha value is -3.52. The summed E-state index contributed by atoms with van der Waals surface area (Å²) in [5.74, 6) is -0.918. The van der Waals surface area contributed by atoms with Crippen LogP contribution in [0.3, 0.4) is 0 Å². The summed E-state index contributed by atoms with van der Waals surface area (Å²) in [6.07, 6.45) is 0.313. The quantitative estimate of drug-likeness (QED) is 0.559. The van der Waals surface area contributed by atoms with Crippen LogP contribution in [0.15, 0.2) is 60.8 Å². The molecule has 2 aromatic heterocycles. The lowest BCUT2D eigenvalue weighted by Gasteiger charge is -2.22. The van der Waals surface area contributed by atoms with Gasteiger partial charge in [-0.25, -0.2) is 9.67 Å². The smallest absolute Gasteiger partial charge is 0.270 e. The molecule has 0 aliphatic carbocycles. The van der Waals surface area contributed by atoms with Gasteiger partial charge >= 0.3 is 0 Å². The molecule has 8 nitrogen and oxygen atoms in total. The fourth-order valence-corrected chi connectivity index (χ4v) is 2.87. The van der Waals surface area contributed by atoms with Crippen LogP contribution >= 0.6 is 0 Å². The number of aliphatic hydroxyl groups excluding tert-OH is 1. The number of nitrogens with one attached hydrogen (secondary N) is 1. The van der Waals surface area contributed by atoms with E-state index in [0.717, 1.165) is 5.56 Å². The predicted octanol–water partition coefficient (Wildman–Crippen LogP) is 0.763. The number of nitrogens with zero attached hydrogens (tertiary/aromatic N) is 3. The Morgan fingerprint density at radius 3 is 2.54 bits per heavy atom.